The van der Waals surface area contributed by atoms with Crippen LogP contribution in [0, 0.1) is 0 Å². The second-order valence-electron chi connectivity index (χ2n) is 5.78. The Labute approximate surface area is 167 Å². The third-order valence-corrected chi connectivity index (χ3v) is 6.10. The molecule has 0 bridgehead atoms. The van der Waals surface area contributed by atoms with E-state index in [1.807, 2.05) is 20.8 Å². The Hall–Kier alpha value is -1.85. The summed E-state index contributed by atoms with van der Waals surface area (Å²) in [7, 11) is -3.65. The van der Waals surface area contributed by atoms with Gasteiger partial charge in [0.25, 0.3) is 0 Å². The van der Waals surface area contributed by atoms with Crippen LogP contribution < -0.4 is 14.4 Å². The van der Waals surface area contributed by atoms with Gasteiger partial charge in [-0.1, -0.05) is 30.0 Å². The molecule has 0 unspecified atom stereocenters. The standard InChI is InChI=1S/C16H22N4O4S3/c1-5-25-16-19-18-15(26-16)17-14(21)10-20(27(4,22)23)12-6-8-13(9-7-12)24-11(2)3/h6-9,11H,5,10H2,1-4H3,(H,17,18,21). The van der Waals surface area contributed by atoms with Gasteiger partial charge in [0.05, 0.1) is 18.0 Å². The summed E-state index contributed by atoms with van der Waals surface area (Å²) < 4.78 is 31.6. The van der Waals surface area contributed by atoms with Crippen molar-refractivity contribution in [3.8, 4) is 5.75 Å². The summed E-state index contributed by atoms with van der Waals surface area (Å²) in [4.78, 5) is 12.3. The van der Waals surface area contributed by atoms with Crippen LogP contribution in [0.25, 0.3) is 0 Å². The molecular formula is C16H22N4O4S3. The number of thioether (sulfide) groups is 1. The predicted molar refractivity (Wildman–Crippen MR) is 109 cm³/mol. The van der Waals surface area contributed by atoms with Crippen LogP contribution in [0.1, 0.15) is 20.8 Å². The minimum Gasteiger partial charge on any atom is -0.491 e. The smallest absolute Gasteiger partial charge is 0.246 e. The summed E-state index contributed by atoms with van der Waals surface area (Å²) in [6.45, 7) is 5.43. The maximum Gasteiger partial charge on any atom is 0.246 e. The van der Waals surface area contributed by atoms with Crippen molar-refractivity contribution in [2.24, 2.45) is 0 Å². The van der Waals surface area contributed by atoms with Gasteiger partial charge in [-0.05, 0) is 43.9 Å². The number of carbonyl (C=O) groups is 1. The van der Waals surface area contributed by atoms with Crippen LogP contribution in [0.3, 0.4) is 0 Å². The molecule has 0 aliphatic heterocycles. The molecule has 0 aliphatic rings. The highest BCUT2D eigenvalue weighted by Crippen LogP contribution is 2.25. The number of hydrogen-bond acceptors (Lipinski definition) is 8. The Balaban J connectivity index is 2.10. The fourth-order valence-electron chi connectivity index (χ4n) is 2.09. The highest BCUT2D eigenvalue weighted by molar-refractivity contribution is 8.01. The molecule has 1 amide bonds. The van der Waals surface area contributed by atoms with Crippen LogP contribution in [-0.2, 0) is 14.8 Å². The second-order valence-corrected chi connectivity index (χ2v) is 10.2. The highest BCUT2D eigenvalue weighted by Gasteiger charge is 2.21. The van der Waals surface area contributed by atoms with Gasteiger partial charge in [-0.2, -0.15) is 0 Å². The molecule has 27 heavy (non-hydrogen) atoms. The second kappa shape index (κ2) is 9.38. The van der Waals surface area contributed by atoms with Crippen molar-refractivity contribution in [2.45, 2.75) is 31.2 Å². The first-order valence-corrected chi connectivity index (χ1v) is 11.8. The average Bonchev–Trinajstić information content (AvgIpc) is 2.99. The normalized spacial score (nSPS) is 11.4. The Morgan fingerprint density at radius 2 is 1.96 bits per heavy atom. The zero-order valence-electron chi connectivity index (χ0n) is 15.5. The molecule has 0 radical (unpaired) electrons. The number of ether oxygens (including phenoxy) is 1. The van der Waals surface area contributed by atoms with Gasteiger partial charge in [-0.15, -0.1) is 10.2 Å². The summed E-state index contributed by atoms with van der Waals surface area (Å²) in [5, 5.41) is 10.8. The number of rotatable bonds is 9. The lowest BCUT2D eigenvalue weighted by molar-refractivity contribution is -0.114. The molecule has 0 aliphatic carbocycles. The molecule has 1 heterocycles. The summed E-state index contributed by atoms with van der Waals surface area (Å²) in [6, 6.07) is 6.55. The van der Waals surface area contributed by atoms with Gasteiger partial charge in [-0.25, -0.2) is 8.42 Å². The molecule has 0 saturated carbocycles. The quantitative estimate of drug-likeness (QED) is 0.482. The van der Waals surface area contributed by atoms with Crippen molar-refractivity contribution in [1.82, 2.24) is 10.2 Å². The van der Waals surface area contributed by atoms with Crippen molar-refractivity contribution in [1.29, 1.82) is 0 Å². The molecule has 1 N–H and O–H groups in total. The van der Waals surface area contributed by atoms with Gasteiger partial charge >= 0.3 is 0 Å². The number of nitrogens with zero attached hydrogens (tertiary/aromatic N) is 3. The summed E-state index contributed by atoms with van der Waals surface area (Å²) in [6.07, 6.45) is 1.06. The highest BCUT2D eigenvalue weighted by atomic mass is 32.2. The molecule has 2 aromatic rings. The lowest BCUT2D eigenvalue weighted by atomic mass is 10.3. The van der Waals surface area contributed by atoms with E-state index in [1.165, 1.54) is 23.1 Å². The monoisotopic (exact) mass is 430 g/mol. The van der Waals surface area contributed by atoms with Crippen molar-refractivity contribution >= 4 is 49.8 Å². The molecule has 0 atom stereocenters. The lowest BCUT2D eigenvalue weighted by Crippen LogP contribution is -2.37. The molecule has 11 heteroatoms. The van der Waals surface area contributed by atoms with Gasteiger partial charge in [0.1, 0.15) is 12.3 Å². The van der Waals surface area contributed by atoms with Gasteiger partial charge in [0.2, 0.25) is 21.1 Å². The predicted octanol–water partition coefficient (Wildman–Crippen LogP) is 2.84. The number of carbonyl (C=O) groups excluding carboxylic acids is 1. The van der Waals surface area contributed by atoms with E-state index in [9.17, 15) is 13.2 Å². The number of anilines is 2. The van der Waals surface area contributed by atoms with Gasteiger partial charge in [0.15, 0.2) is 4.34 Å². The number of sulfonamides is 1. The molecule has 0 spiro atoms. The molecular weight excluding hydrogens is 408 g/mol. The molecule has 0 fully saturated rings. The van der Waals surface area contributed by atoms with Crippen molar-refractivity contribution < 1.29 is 17.9 Å². The summed E-state index contributed by atoms with van der Waals surface area (Å²) in [5.41, 5.74) is 0.378. The first kappa shape index (κ1) is 21.5. The van der Waals surface area contributed by atoms with E-state index >= 15 is 0 Å². The Kier molecular flexibility index (Phi) is 7.45. The number of amides is 1. The average molecular weight is 431 g/mol. The third kappa shape index (κ3) is 6.67. The Morgan fingerprint density at radius 1 is 1.30 bits per heavy atom. The fraction of sp³-hybridized carbons (Fsp3) is 0.438. The zero-order chi connectivity index (χ0) is 20.0. The van der Waals surface area contributed by atoms with Gasteiger partial charge in [0, 0.05) is 0 Å². The van der Waals surface area contributed by atoms with Crippen LogP contribution in [-0.4, -0.2) is 49.2 Å². The van der Waals surface area contributed by atoms with E-state index in [1.54, 1.807) is 24.3 Å². The Morgan fingerprint density at radius 3 is 2.52 bits per heavy atom. The van der Waals surface area contributed by atoms with E-state index in [-0.39, 0.29) is 12.6 Å². The minimum atomic E-state index is -3.65. The van der Waals surface area contributed by atoms with E-state index < -0.39 is 15.9 Å². The van der Waals surface area contributed by atoms with E-state index in [4.69, 9.17) is 4.74 Å². The van der Waals surface area contributed by atoms with Crippen LogP contribution in [0.4, 0.5) is 10.8 Å². The summed E-state index contributed by atoms with van der Waals surface area (Å²) >= 11 is 2.77. The Bertz CT molecular complexity index is 866. The first-order valence-electron chi connectivity index (χ1n) is 8.19. The lowest BCUT2D eigenvalue weighted by Gasteiger charge is -2.22. The van der Waals surface area contributed by atoms with Crippen LogP contribution in [0.5, 0.6) is 5.75 Å². The van der Waals surface area contributed by atoms with Crippen molar-refractivity contribution in [3.05, 3.63) is 24.3 Å². The largest absolute Gasteiger partial charge is 0.491 e. The SMILES string of the molecule is CCSc1nnc(NC(=O)CN(c2ccc(OC(C)C)cc2)S(C)(=O)=O)s1. The molecule has 148 valence electrons. The van der Waals surface area contributed by atoms with Crippen LogP contribution in [0.2, 0.25) is 0 Å². The first-order chi connectivity index (χ1) is 12.7. The molecule has 2 rings (SSSR count). The van der Waals surface area contributed by atoms with Crippen molar-refractivity contribution in [2.75, 3.05) is 28.2 Å². The van der Waals surface area contributed by atoms with E-state index in [2.05, 4.69) is 15.5 Å². The fourth-order valence-corrected chi connectivity index (χ4v) is 4.62. The van der Waals surface area contributed by atoms with E-state index in [0.717, 1.165) is 20.7 Å². The zero-order valence-corrected chi connectivity index (χ0v) is 17.9. The number of hydrogen-bond donors (Lipinski definition) is 1. The van der Waals surface area contributed by atoms with Crippen LogP contribution in [0.15, 0.2) is 28.6 Å². The molecule has 0 saturated heterocycles. The minimum absolute atomic E-state index is 0.00954. The third-order valence-electron chi connectivity index (χ3n) is 3.10. The molecule has 1 aromatic carbocycles. The topological polar surface area (TPSA) is 101 Å². The van der Waals surface area contributed by atoms with Gasteiger partial charge in [-0.3, -0.25) is 14.4 Å². The summed E-state index contributed by atoms with van der Waals surface area (Å²) in [5.74, 6) is 0.981. The maximum absolute atomic E-state index is 12.3. The number of benzene rings is 1. The molecule has 8 nitrogen and oxygen atoms in total. The van der Waals surface area contributed by atoms with E-state index in [0.29, 0.717) is 16.6 Å². The van der Waals surface area contributed by atoms with Crippen LogP contribution >= 0.6 is 23.1 Å². The van der Waals surface area contributed by atoms with Crippen molar-refractivity contribution in [3.63, 3.8) is 0 Å². The maximum atomic E-state index is 12.3. The molecule has 1 aromatic heterocycles. The number of aromatic nitrogens is 2. The number of nitrogens with one attached hydrogen (secondary N) is 1. The van der Waals surface area contributed by atoms with Gasteiger partial charge < -0.3 is 4.74 Å².